The van der Waals surface area contributed by atoms with Crippen LogP contribution in [0.2, 0.25) is 0 Å². The third-order valence-corrected chi connectivity index (χ3v) is 4.29. The Balaban J connectivity index is 1.84. The zero-order valence-corrected chi connectivity index (χ0v) is 14.6. The number of carbonyl (C=O) groups is 1. The van der Waals surface area contributed by atoms with Crippen molar-refractivity contribution >= 4 is 5.91 Å². The van der Waals surface area contributed by atoms with Crippen LogP contribution >= 0.6 is 0 Å². The van der Waals surface area contributed by atoms with Gasteiger partial charge in [-0.05, 0) is 50.6 Å². The molecule has 2 aromatic carbocycles. The molecule has 1 heterocycles. The predicted octanol–water partition coefficient (Wildman–Crippen LogP) is 3.65. The third-order valence-electron chi connectivity index (χ3n) is 4.29. The zero-order chi connectivity index (χ0) is 18.8. The molecule has 1 amide bonds. The van der Waals surface area contributed by atoms with Crippen molar-refractivity contribution < 1.29 is 13.6 Å². The van der Waals surface area contributed by atoms with E-state index in [0.717, 1.165) is 5.56 Å². The van der Waals surface area contributed by atoms with Gasteiger partial charge >= 0.3 is 0 Å². The van der Waals surface area contributed by atoms with Crippen molar-refractivity contribution in [3.63, 3.8) is 0 Å². The van der Waals surface area contributed by atoms with Gasteiger partial charge in [0.05, 0.1) is 17.4 Å². The Labute approximate surface area is 149 Å². The predicted molar refractivity (Wildman–Crippen MR) is 93.1 cm³/mol. The van der Waals surface area contributed by atoms with Crippen LogP contribution in [0.1, 0.15) is 40.3 Å². The molecular formula is C19H18F2N4O. The van der Waals surface area contributed by atoms with Gasteiger partial charge in [-0.1, -0.05) is 23.4 Å². The van der Waals surface area contributed by atoms with Gasteiger partial charge < -0.3 is 5.32 Å². The summed E-state index contributed by atoms with van der Waals surface area (Å²) in [6.45, 7) is 5.13. The molecule has 3 rings (SSSR count). The maximum absolute atomic E-state index is 13.8. The van der Waals surface area contributed by atoms with Gasteiger partial charge in [0.15, 0.2) is 5.69 Å². The number of carbonyl (C=O) groups excluding carboxylic acids is 1. The van der Waals surface area contributed by atoms with E-state index in [1.807, 2.05) is 0 Å². The van der Waals surface area contributed by atoms with Crippen molar-refractivity contribution in [2.75, 3.05) is 0 Å². The smallest absolute Gasteiger partial charge is 0.274 e. The summed E-state index contributed by atoms with van der Waals surface area (Å²) in [5, 5.41) is 10.7. The van der Waals surface area contributed by atoms with Crippen LogP contribution in [-0.4, -0.2) is 20.9 Å². The van der Waals surface area contributed by atoms with Crippen LogP contribution in [0, 0.1) is 25.5 Å². The minimum atomic E-state index is -0.403. The number of benzene rings is 2. The van der Waals surface area contributed by atoms with Gasteiger partial charge in [0.1, 0.15) is 11.6 Å². The quantitative estimate of drug-likeness (QED) is 0.776. The standard InChI is InChI=1S/C19H18F2N4O/c1-11-16(21)5-4-6-17(11)25-13(3)18(23-24-25)19(26)22-12(2)14-7-9-15(20)10-8-14/h4-10,12H,1-3H3,(H,22,26)/t12-/m1/s1. The largest absolute Gasteiger partial charge is 0.344 e. The summed E-state index contributed by atoms with van der Waals surface area (Å²) in [6.07, 6.45) is 0. The van der Waals surface area contributed by atoms with E-state index in [0.29, 0.717) is 16.9 Å². The molecule has 26 heavy (non-hydrogen) atoms. The number of nitrogens with zero attached hydrogens (tertiary/aromatic N) is 3. The zero-order valence-electron chi connectivity index (χ0n) is 14.6. The van der Waals surface area contributed by atoms with Crippen molar-refractivity contribution in [1.29, 1.82) is 0 Å². The number of hydrogen-bond donors (Lipinski definition) is 1. The summed E-state index contributed by atoms with van der Waals surface area (Å²) in [5.41, 5.74) is 2.38. The molecule has 0 aliphatic heterocycles. The van der Waals surface area contributed by atoms with E-state index in [1.165, 1.54) is 22.9 Å². The van der Waals surface area contributed by atoms with Crippen molar-refractivity contribution in [3.8, 4) is 5.69 Å². The summed E-state index contributed by atoms with van der Waals surface area (Å²) in [5.74, 6) is -1.09. The minimum absolute atomic E-state index is 0.155. The number of hydrogen-bond acceptors (Lipinski definition) is 3. The first kappa shape index (κ1) is 17.7. The van der Waals surface area contributed by atoms with Crippen molar-refractivity contribution in [2.24, 2.45) is 0 Å². The second-order valence-corrected chi connectivity index (χ2v) is 6.07. The lowest BCUT2D eigenvalue weighted by atomic mass is 10.1. The number of nitrogens with one attached hydrogen (secondary N) is 1. The summed E-state index contributed by atoms with van der Waals surface area (Å²) < 4.78 is 28.2. The highest BCUT2D eigenvalue weighted by Crippen LogP contribution is 2.19. The van der Waals surface area contributed by atoms with Crippen LogP contribution in [0.25, 0.3) is 5.69 Å². The Kier molecular flexibility index (Phi) is 4.79. The van der Waals surface area contributed by atoms with E-state index < -0.39 is 5.91 Å². The summed E-state index contributed by atoms with van der Waals surface area (Å²) >= 11 is 0. The maximum Gasteiger partial charge on any atom is 0.274 e. The topological polar surface area (TPSA) is 59.8 Å². The van der Waals surface area contributed by atoms with Crippen LogP contribution < -0.4 is 5.32 Å². The lowest BCUT2D eigenvalue weighted by Crippen LogP contribution is -2.27. The summed E-state index contributed by atoms with van der Waals surface area (Å²) in [7, 11) is 0. The molecule has 1 atom stereocenters. The molecule has 5 nitrogen and oxygen atoms in total. The van der Waals surface area contributed by atoms with Gasteiger partial charge in [-0.15, -0.1) is 5.10 Å². The van der Waals surface area contributed by atoms with E-state index in [1.54, 1.807) is 45.0 Å². The Morgan fingerprint density at radius 3 is 2.50 bits per heavy atom. The van der Waals surface area contributed by atoms with Crippen LogP contribution in [0.15, 0.2) is 42.5 Å². The molecular weight excluding hydrogens is 338 g/mol. The van der Waals surface area contributed by atoms with Crippen LogP contribution in [0.3, 0.4) is 0 Å². The van der Waals surface area contributed by atoms with Gasteiger partial charge in [-0.2, -0.15) is 0 Å². The first-order chi connectivity index (χ1) is 12.4. The highest BCUT2D eigenvalue weighted by Gasteiger charge is 2.20. The molecule has 1 N–H and O–H groups in total. The molecule has 3 aromatic rings. The van der Waals surface area contributed by atoms with Gasteiger partial charge in [0.25, 0.3) is 5.91 Å². The monoisotopic (exact) mass is 356 g/mol. The summed E-state index contributed by atoms with van der Waals surface area (Å²) in [4.78, 5) is 12.5. The van der Waals surface area contributed by atoms with E-state index in [-0.39, 0.29) is 23.4 Å². The van der Waals surface area contributed by atoms with Gasteiger partial charge in [-0.25, -0.2) is 13.5 Å². The molecule has 0 fully saturated rings. The normalized spacial score (nSPS) is 12.0. The average molecular weight is 356 g/mol. The number of halogens is 2. The molecule has 0 aliphatic rings. The van der Waals surface area contributed by atoms with Crippen molar-refractivity contribution in [1.82, 2.24) is 20.3 Å². The number of amides is 1. The van der Waals surface area contributed by atoms with E-state index in [9.17, 15) is 13.6 Å². The molecule has 7 heteroatoms. The number of rotatable bonds is 4. The molecule has 134 valence electrons. The van der Waals surface area contributed by atoms with E-state index >= 15 is 0 Å². The van der Waals surface area contributed by atoms with Gasteiger partial charge in [-0.3, -0.25) is 4.79 Å². The van der Waals surface area contributed by atoms with Crippen molar-refractivity contribution in [2.45, 2.75) is 26.8 Å². The van der Waals surface area contributed by atoms with Crippen molar-refractivity contribution in [3.05, 3.63) is 76.6 Å². The Morgan fingerprint density at radius 1 is 1.12 bits per heavy atom. The number of aromatic nitrogens is 3. The van der Waals surface area contributed by atoms with Gasteiger partial charge in [0.2, 0.25) is 0 Å². The van der Waals surface area contributed by atoms with Crippen LogP contribution in [0.4, 0.5) is 8.78 Å². The highest BCUT2D eigenvalue weighted by atomic mass is 19.1. The minimum Gasteiger partial charge on any atom is -0.344 e. The fourth-order valence-electron chi connectivity index (χ4n) is 2.69. The second kappa shape index (κ2) is 7.03. The fourth-order valence-corrected chi connectivity index (χ4v) is 2.69. The Hall–Kier alpha value is -3.09. The molecule has 0 unspecified atom stereocenters. The second-order valence-electron chi connectivity index (χ2n) is 6.07. The maximum atomic E-state index is 13.8. The average Bonchev–Trinajstić information content (AvgIpc) is 2.99. The molecule has 0 saturated heterocycles. The SMILES string of the molecule is Cc1c(F)cccc1-n1nnc(C(=O)N[C@H](C)c2ccc(F)cc2)c1C. The molecule has 0 spiro atoms. The fraction of sp³-hybridized carbons (Fsp3) is 0.211. The highest BCUT2D eigenvalue weighted by molar-refractivity contribution is 5.93. The summed E-state index contributed by atoms with van der Waals surface area (Å²) in [6, 6.07) is 10.2. The van der Waals surface area contributed by atoms with Gasteiger partial charge in [0, 0.05) is 5.56 Å². The Morgan fingerprint density at radius 2 is 1.81 bits per heavy atom. The van der Waals surface area contributed by atoms with E-state index in [4.69, 9.17) is 0 Å². The van der Waals surface area contributed by atoms with Crippen LogP contribution in [-0.2, 0) is 0 Å². The Bertz CT molecular complexity index is 951. The lowest BCUT2D eigenvalue weighted by molar-refractivity contribution is 0.0934. The van der Waals surface area contributed by atoms with Crippen LogP contribution in [0.5, 0.6) is 0 Å². The third kappa shape index (κ3) is 3.33. The first-order valence-electron chi connectivity index (χ1n) is 8.12. The molecule has 0 saturated carbocycles. The van der Waals surface area contributed by atoms with E-state index in [2.05, 4.69) is 15.6 Å². The molecule has 0 aliphatic carbocycles. The molecule has 0 bridgehead atoms. The lowest BCUT2D eigenvalue weighted by Gasteiger charge is -2.13. The molecule has 1 aromatic heterocycles. The molecule has 0 radical (unpaired) electrons. The first-order valence-corrected chi connectivity index (χ1v) is 8.12.